The molecule has 0 bridgehead atoms. The standard InChI is InChI=1S/C9H19NO.C9H13NO/c2*1-7(10)9(11)8-5-3-2-4-6-8/h7-9,11H,2-6,10H2,1H3;2-7,9,11H,10H2,1H3/t2*7-,9+/m00/s1. The van der Waals surface area contributed by atoms with Crippen molar-refractivity contribution in [1.82, 2.24) is 0 Å². The first-order valence-electron chi connectivity index (χ1n) is 8.35. The molecule has 126 valence electrons. The third kappa shape index (κ3) is 6.44. The van der Waals surface area contributed by atoms with E-state index in [4.69, 9.17) is 11.5 Å². The van der Waals surface area contributed by atoms with Crippen LogP contribution in [0.15, 0.2) is 30.3 Å². The number of aliphatic hydroxyl groups excluding tert-OH is 2. The first-order chi connectivity index (χ1) is 10.4. The molecular formula is C18H32N2O2. The monoisotopic (exact) mass is 308 g/mol. The molecule has 6 N–H and O–H groups in total. The molecule has 1 aliphatic carbocycles. The third-order valence-electron chi connectivity index (χ3n) is 4.31. The van der Waals surface area contributed by atoms with Crippen LogP contribution < -0.4 is 11.5 Å². The molecule has 1 aliphatic rings. The Bertz CT molecular complexity index is 389. The van der Waals surface area contributed by atoms with Gasteiger partial charge in [0.25, 0.3) is 0 Å². The molecule has 0 saturated heterocycles. The van der Waals surface area contributed by atoms with Crippen LogP contribution in [-0.4, -0.2) is 28.4 Å². The van der Waals surface area contributed by atoms with Gasteiger partial charge in [-0.05, 0) is 38.2 Å². The lowest BCUT2D eigenvalue weighted by Gasteiger charge is -2.28. The van der Waals surface area contributed by atoms with Crippen LogP contribution in [0.3, 0.4) is 0 Å². The van der Waals surface area contributed by atoms with Crippen molar-refractivity contribution in [3.63, 3.8) is 0 Å². The highest BCUT2D eigenvalue weighted by Gasteiger charge is 2.23. The van der Waals surface area contributed by atoms with Crippen molar-refractivity contribution in [1.29, 1.82) is 0 Å². The molecule has 0 spiro atoms. The number of rotatable bonds is 4. The first-order valence-corrected chi connectivity index (χ1v) is 8.35. The minimum absolute atomic E-state index is 0.0573. The second-order valence-electron chi connectivity index (χ2n) is 6.46. The van der Waals surface area contributed by atoms with Crippen LogP contribution in [0, 0.1) is 5.92 Å². The summed E-state index contributed by atoms with van der Waals surface area (Å²) in [5.74, 6) is 0.476. The minimum atomic E-state index is -0.545. The summed E-state index contributed by atoms with van der Waals surface area (Å²) in [5, 5.41) is 19.1. The average molecular weight is 308 g/mol. The van der Waals surface area contributed by atoms with Crippen molar-refractivity contribution in [2.24, 2.45) is 17.4 Å². The Kier molecular flexibility index (Phi) is 8.64. The van der Waals surface area contributed by atoms with Crippen molar-refractivity contribution in [3.05, 3.63) is 35.9 Å². The van der Waals surface area contributed by atoms with Gasteiger partial charge in [-0.3, -0.25) is 0 Å². The molecule has 0 amide bonds. The van der Waals surface area contributed by atoms with Gasteiger partial charge >= 0.3 is 0 Å². The summed E-state index contributed by atoms with van der Waals surface area (Å²) >= 11 is 0. The lowest BCUT2D eigenvalue weighted by atomic mass is 9.83. The number of nitrogens with two attached hydrogens (primary N) is 2. The van der Waals surface area contributed by atoms with E-state index in [1.54, 1.807) is 6.92 Å². The lowest BCUT2D eigenvalue weighted by Crippen LogP contribution is -2.38. The molecule has 22 heavy (non-hydrogen) atoms. The zero-order valence-electron chi connectivity index (χ0n) is 13.9. The molecule has 4 nitrogen and oxygen atoms in total. The zero-order chi connectivity index (χ0) is 16.5. The Morgan fingerprint density at radius 1 is 0.909 bits per heavy atom. The summed E-state index contributed by atoms with van der Waals surface area (Å²) in [6, 6.07) is 9.16. The number of hydrogen-bond donors (Lipinski definition) is 4. The summed E-state index contributed by atoms with van der Waals surface area (Å²) in [4.78, 5) is 0. The van der Waals surface area contributed by atoms with E-state index >= 15 is 0 Å². The Balaban J connectivity index is 0.000000220. The van der Waals surface area contributed by atoms with Gasteiger partial charge in [-0.15, -0.1) is 0 Å². The molecule has 1 aromatic carbocycles. The van der Waals surface area contributed by atoms with Crippen molar-refractivity contribution >= 4 is 0 Å². The zero-order valence-corrected chi connectivity index (χ0v) is 13.9. The molecule has 0 heterocycles. The highest BCUT2D eigenvalue weighted by molar-refractivity contribution is 5.18. The van der Waals surface area contributed by atoms with E-state index in [2.05, 4.69) is 0 Å². The van der Waals surface area contributed by atoms with Gasteiger partial charge in [0.1, 0.15) is 0 Å². The van der Waals surface area contributed by atoms with Crippen LogP contribution in [-0.2, 0) is 0 Å². The van der Waals surface area contributed by atoms with E-state index < -0.39 is 6.10 Å². The van der Waals surface area contributed by atoms with Crippen LogP contribution in [0.25, 0.3) is 0 Å². The molecule has 0 aliphatic heterocycles. The minimum Gasteiger partial charge on any atom is -0.391 e. The van der Waals surface area contributed by atoms with Gasteiger partial charge in [-0.2, -0.15) is 0 Å². The molecule has 0 radical (unpaired) electrons. The fourth-order valence-electron chi connectivity index (χ4n) is 2.86. The van der Waals surface area contributed by atoms with E-state index in [1.165, 1.54) is 32.1 Å². The summed E-state index contributed by atoms with van der Waals surface area (Å²) in [5.41, 5.74) is 12.0. The van der Waals surface area contributed by atoms with E-state index in [1.807, 2.05) is 37.3 Å². The Hall–Kier alpha value is -0.940. The molecule has 2 rings (SSSR count). The van der Waals surface area contributed by atoms with E-state index in [9.17, 15) is 10.2 Å². The van der Waals surface area contributed by atoms with E-state index in [-0.39, 0.29) is 18.2 Å². The van der Waals surface area contributed by atoms with Crippen LogP contribution in [0.1, 0.15) is 57.6 Å². The Labute approximate surface area is 134 Å². The molecule has 1 fully saturated rings. The Morgan fingerprint density at radius 2 is 1.45 bits per heavy atom. The summed E-state index contributed by atoms with van der Waals surface area (Å²) in [6.45, 7) is 3.68. The number of aliphatic hydroxyl groups is 2. The van der Waals surface area contributed by atoms with E-state index in [0.717, 1.165) is 5.56 Å². The normalized spacial score (nSPS) is 21.2. The second kappa shape index (κ2) is 9.95. The predicted octanol–water partition coefficient (Wildman–Crippen LogP) is 2.34. The van der Waals surface area contributed by atoms with Crippen molar-refractivity contribution in [2.45, 2.75) is 70.2 Å². The molecule has 0 aromatic heterocycles. The number of hydrogen-bond acceptors (Lipinski definition) is 4. The molecule has 0 unspecified atom stereocenters. The summed E-state index contributed by atoms with van der Waals surface area (Å²) in [6.07, 6.45) is 5.41. The van der Waals surface area contributed by atoms with Gasteiger partial charge < -0.3 is 21.7 Å². The lowest BCUT2D eigenvalue weighted by molar-refractivity contribution is 0.0670. The van der Waals surface area contributed by atoms with Gasteiger partial charge in [0.15, 0.2) is 0 Å². The molecular weight excluding hydrogens is 276 g/mol. The summed E-state index contributed by atoms with van der Waals surface area (Å²) < 4.78 is 0. The van der Waals surface area contributed by atoms with Crippen molar-refractivity contribution in [2.75, 3.05) is 0 Å². The molecule has 1 aromatic rings. The molecule has 1 saturated carbocycles. The van der Waals surface area contributed by atoms with Crippen LogP contribution in [0.2, 0.25) is 0 Å². The second-order valence-corrected chi connectivity index (χ2v) is 6.46. The van der Waals surface area contributed by atoms with Gasteiger partial charge in [0.05, 0.1) is 12.2 Å². The highest BCUT2D eigenvalue weighted by atomic mass is 16.3. The topological polar surface area (TPSA) is 92.5 Å². The van der Waals surface area contributed by atoms with Crippen LogP contribution in [0.5, 0.6) is 0 Å². The summed E-state index contributed by atoms with van der Waals surface area (Å²) in [7, 11) is 0. The maximum Gasteiger partial charge on any atom is 0.0938 e. The van der Waals surface area contributed by atoms with Gasteiger partial charge in [0.2, 0.25) is 0 Å². The third-order valence-corrected chi connectivity index (χ3v) is 4.31. The maximum atomic E-state index is 9.63. The van der Waals surface area contributed by atoms with Crippen LogP contribution >= 0.6 is 0 Å². The fourth-order valence-corrected chi connectivity index (χ4v) is 2.86. The number of benzene rings is 1. The molecule has 4 atom stereocenters. The highest BCUT2D eigenvalue weighted by Crippen LogP contribution is 2.27. The molecule has 4 heteroatoms. The predicted molar refractivity (Wildman–Crippen MR) is 91.3 cm³/mol. The van der Waals surface area contributed by atoms with Crippen molar-refractivity contribution in [3.8, 4) is 0 Å². The smallest absolute Gasteiger partial charge is 0.0938 e. The average Bonchev–Trinajstić information content (AvgIpc) is 2.55. The van der Waals surface area contributed by atoms with Gasteiger partial charge in [0, 0.05) is 12.1 Å². The first kappa shape index (κ1) is 19.1. The van der Waals surface area contributed by atoms with Crippen LogP contribution in [0.4, 0.5) is 0 Å². The van der Waals surface area contributed by atoms with Gasteiger partial charge in [-0.25, -0.2) is 0 Å². The fraction of sp³-hybridized carbons (Fsp3) is 0.667. The van der Waals surface area contributed by atoms with Crippen molar-refractivity contribution < 1.29 is 10.2 Å². The quantitative estimate of drug-likeness (QED) is 0.687. The van der Waals surface area contributed by atoms with Gasteiger partial charge in [-0.1, -0.05) is 49.6 Å². The largest absolute Gasteiger partial charge is 0.391 e. The van der Waals surface area contributed by atoms with E-state index in [0.29, 0.717) is 5.92 Å². The maximum absolute atomic E-state index is 9.63. The SMILES string of the molecule is C[C@H](N)[C@@H](O)C1CCCCC1.C[C@H](N)[C@@H](O)c1ccccc1. The Morgan fingerprint density at radius 3 is 1.91 bits per heavy atom.